The molecule has 0 fully saturated rings. The number of benzene rings is 1. The van der Waals surface area contributed by atoms with E-state index in [9.17, 15) is 0 Å². The smallest absolute Gasteiger partial charge is 0.0868 e. The average molecular weight is 305 g/mol. The van der Waals surface area contributed by atoms with E-state index >= 15 is 0 Å². The molecule has 0 spiro atoms. The van der Waals surface area contributed by atoms with Crippen molar-refractivity contribution in [2.75, 3.05) is 17.2 Å². The minimum Gasteiger partial charge on any atom is -0.397 e. The summed E-state index contributed by atoms with van der Waals surface area (Å²) in [6, 6.07) is 6.14. The number of anilines is 2. The van der Waals surface area contributed by atoms with Crippen LogP contribution in [0.25, 0.3) is 0 Å². The Morgan fingerprint density at radius 1 is 1.33 bits per heavy atom. The Hall–Kier alpha value is -1.68. The lowest BCUT2D eigenvalue weighted by Gasteiger charge is -2.21. The van der Waals surface area contributed by atoms with Crippen LogP contribution in [0.2, 0.25) is 5.02 Å². The van der Waals surface area contributed by atoms with E-state index in [1.54, 1.807) is 0 Å². The van der Waals surface area contributed by atoms with Crippen LogP contribution in [0.1, 0.15) is 30.8 Å². The SMILES string of the molecule is CCc1nn(CC)c(CN2CCc3cccc(N)c32)c1Cl. The Balaban J connectivity index is 1.95. The van der Waals surface area contributed by atoms with Gasteiger partial charge in [0.2, 0.25) is 0 Å². The lowest BCUT2D eigenvalue weighted by molar-refractivity contribution is 0.606. The zero-order chi connectivity index (χ0) is 15.0. The summed E-state index contributed by atoms with van der Waals surface area (Å²) in [4.78, 5) is 2.32. The van der Waals surface area contributed by atoms with Crippen LogP contribution in [-0.4, -0.2) is 16.3 Å². The Morgan fingerprint density at radius 2 is 2.14 bits per heavy atom. The first kappa shape index (κ1) is 14.3. The predicted molar refractivity (Wildman–Crippen MR) is 87.9 cm³/mol. The van der Waals surface area contributed by atoms with E-state index in [1.807, 2.05) is 16.8 Å². The number of hydrogen-bond donors (Lipinski definition) is 1. The van der Waals surface area contributed by atoms with Crippen LogP contribution in [0.15, 0.2) is 18.2 Å². The second-order valence-corrected chi connectivity index (χ2v) is 5.78. The van der Waals surface area contributed by atoms with Gasteiger partial charge >= 0.3 is 0 Å². The largest absolute Gasteiger partial charge is 0.397 e. The molecule has 0 amide bonds. The number of para-hydroxylation sites is 1. The molecular formula is C16H21ClN4. The second kappa shape index (κ2) is 5.60. The summed E-state index contributed by atoms with van der Waals surface area (Å²) in [7, 11) is 0. The molecule has 0 saturated heterocycles. The van der Waals surface area contributed by atoms with Crippen molar-refractivity contribution < 1.29 is 0 Å². The number of hydrogen-bond acceptors (Lipinski definition) is 3. The Bertz CT molecular complexity index is 663. The van der Waals surface area contributed by atoms with Crippen molar-refractivity contribution in [2.45, 2.75) is 39.8 Å². The number of nitrogens with two attached hydrogens (primary N) is 1. The summed E-state index contributed by atoms with van der Waals surface area (Å²) < 4.78 is 2.01. The molecule has 0 bridgehead atoms. The van der Waals surface area contributed by atoms with Gasteiger partial charge in [0.15, 0.2) is 0 Å². The van der Waals surface area contributed by atoms with Crippen molar-refractivity contribution in [3.05, 3.63) is 40.2 Å². The third-order valence-corrected chi connectivity index (χ3v) is 4.59. The molecule has 0 radical (unpaired) electrons. The van der Waals surface area contributed by atoms with E-state index in [1.165, 1.54) is 5.56 Å². The van der Waals surface area contributed by atoms with Crippen molar-refractivity contribution in [3.63, 3.8) is 0 Å². The fourth-order valence-electron chi connectivity index (χ4n) is 3.07. The third kappa shape index (κ3) is 2.38. The van der Waals surface area contributed by atoms with Gasteiger partial charge in [-0.1, -0.05) is 30.7 Å². The van der Waals surface area contributed by atoms with Gasteiger partial charge in [0.25, 0.3) is 0 Å². The van der Waals surface area contributed by atoms with Gasteiger partial charge in [0, 0.05) is 13.1 Å². The van der Waals surface area contributed by atoms with Crippen LogP contribution in [0.3, 0.4) is 0 Å². The highest BCUT2D eigenvalue weighted by atomic mass is 35.5. The summed E-state index contributed by atoms with van der Waals surface area (Å²) in [5.41, 5.74) is 11.6. The zero-order valence-electron chi connectivity index (χ0n) is 12.6. The second-order valence-electron chi connectivity index (χ2n) is 5.40. The summed E-state index contributed by atoms with van der Waals surface area (Å²) in [5.74, 6) is 0. The topological polar surface area (TPSA) is 47.1 Å². The minimum absolute atomic E-state index is 0.765. The molecule has 2 heterocycles. The van der Waals surface area contributed by atoms with Gasteiger partial charge in [-0.2, -0.15) is 5.10 Å². The number of aryl methyl sites for hydroxylation is 2. The monoisotopic (exact) mass is 304 g/mol. The molecule has 112 valence electrons. The maximum Gasteiger partial charge on any atom is 0.0868 e. The van der Waals surface area contributed by atoms with Crippen molar-refractivity contribution in [3.8, 4) is 0 Å². The van der Waals surface area contributed by atoms with Gasteiger partial charge in [-0.15, -0.1) is 0 Å². The molecule has 3 rings (SSSR count). The molecule has 4 nitrogen and oxygen atoms in total. The van der Waals surface area contributed by atoms with Crippen LogP contribution in [-0.2, 0) is 25.9 Å². The predicted octanol–water partition coefficient (Wildman–Crippen LogP) is 3.26. The summed E-state index contributed by atoms with van der Waals surface area (Å²) in [6.45, 7) is 6.76. The van der Waals surface area contributed by atoms with Crippen LogP contribution >= 0.6 is 11.6 Å². The van der Waals surface area contributed by atoms with Crippen molar-refractivity contribution in [1.29, 1.82) is 0 Å². The number of nitrogens with zero attached hydrogens (tertiary/aromatic N) is 3. The van der Waals surface area contributed by atoms with Gasteiger partial charge < -0.3 is 10.6 Å². The van der Waals surface area contributed by atoms with Gasteiger partial charge in [-0.05, 0) is 31.4 Å². The highest BCUT2D eigenvalue weighted by molar-refractivity contribution is 6.31. The Morgan fingerprint density at radius 3 is 2.86 bits per heavy atom. The maximum atomic E-state index is 6.51. The number of rotatable bonds is 4. The van der Waals surface area contributed by atoms with Crippen LogP contribution in [0, 0.1) is 0 Å². The van der Waals surface area contributed by atoms with Crippen molar-refractivity contribution in [1.82, 2.24) is 9.78 Å². The van der Waals surface area contributed by atoms with E-state index in [4.69, 9.17) is 17.3 Å². The molecule has 1 aliphatic rings. The van der Waals surface area contributed by atoms with E-state index in [-0.39, 0.29) is 0 Å². The lowest BCUT2D eigenvalue weighted by atomic mass is 10.1. The molecule has 0 unspecified atom stereocenters. The third-order valence-electron chi connectivity index (χ3n) is 4.15. The number of halogens is 1. The van der Waals surface area contributed by atoms with Crippen LogP contribution < -0.4 is 10.6 Å². The Labute approximate surface area is 130 Å². The Kier molecular flexibility index (Phi) is 3.81. The van der Waals surface area contributed by atoms with Crippen LogP contribution in [0.4, 0.5) is 11.4 Å². The molecular weight excluding hydrogens is 284 g/mol. The lowest BCUT2D eigenvalue weighted by Crippen LogP contribution is -2.23. The zero-order valence-corrected chi connectivity index (χ0v) is 13.3. The van der Waals surface area contributed by atoms with E-state index in [0.29, 0.717) is 0 Å². The summed E-state index contributed by atoms with van der Waals surface area (Å²) in [5, 5.41) is 5.40. The first-order valence-electron chi connectivity index (χ1n) is 7.52. The summed E-state index contributed by atoms with van der Waals surface area (Å²) >= 11 is 6.51. The van der Waals surface area contributed by atoms with Crippen molar-refractivity contribution >= 4 is 23.0 Å². The van der Waals surface area contributed by atoms with Crippen LogP contribution in [0.5, 0.6) is 0 Å². The number of aromatic nitrogens is 2. The summed E-state index contributed by atoms with van der Waals surface area (Å²) in [6.07, 6.45) is 1.90. The average Bonchev–Trinajstić information content (AvgIpc) is 3.03. The number of nitrogen functional groups attached to an aromatic ring is 1. The van der Waals surface area contributed by atoms with Gasteiger partial charge in [0.1, 0.15) is 0 Å². The molecule has 2 N–H and O–H groups in total. The molecule has 1 aromatic carbocycles. The fraction of sp³-hybridized carbons (Fsp3) is 0.438. The molecule has 5 heteroatoms. The molecule has 1 aromatic heterocycles. The van der Waals surface area contributed by atoms with Crippen molar-refractivity contribution in [2.24, 2.45) is 0 Å². The molecule has 0 aliphatic carbocycles. The molecule has 21 heavy (non-hydrogen) atoms. The van der Waals surface area contributed by atoms with Gasteiger partial charge in [-0.25, -0.2) is 0 Å². The van der Waals surface area contributed by atoms with Gasteiger partial charge in [0.05, 0.1) is 34.3 Å². The first-order chi connectivity index (χ1) is 10.2. The quantitative estimate of drug-likeness (QED) is 0.882. The normalized spacial score (nSPS) is 13.8. The molecule has 0 atom stereocenters. The fourth-order valence-corrected chi connectivity index (χ4v) is 3.40. The molecule has 0 saturated carbocycles. The standard InChI is InChI=1S/C16H21ClN4/c1-3-13-15(17)14(21(4-2)19-13)10-20-9-8-11-6-5-7-12(18)16(11)20/h5-7H,3-4,8-10,18H2,1-2H3. The highest BCUT2D eigenvalue weighted by Crippen LogP contribution is 2.35. The van der Waals surface area contributed by atoms with E-state index < -0.39 is 0 Å². The van der Waals surface area contributed by atoms with Gasteiger partial charge in [-0.3, -0.25) is 4.68 Å². The van der Waals surface area contributed by atoms with E-state index in [0.717, 1.165) is 60.3 Å². The first-order valence-corrected chi connectivity index (χ1v) is 7.89. The number of fused-ring (bicyclic) bond motifs is 1. The highest BCUT2D eigenvalue weighted by Gasteiger charge is 2.24. The van der Waals surface area contributed by atoms with E-state index in [2.05, 4.69) is 29.9 Å². The molecule has 2 aromatic rings. The minimum atomic E-state index is 0.765. The maximum absolute atomic E-state index is 6.51. The molecule has 1 aliphatic heterocycles.